The first-order valence-corrected chi connectivity index (χ1v) is 10.9. The fourth-order valence-electron chi connectivity index (χ4n) is 3.25. The van der Waals surface area contributed by atoms with Crippen LogP contribution in [0.3, 0.4) is 0 Å². The average Bonchev–Trinajstić information content (AvgIpc) is 2.78. The molecule has 7 nitrogen and oxygen atoms in total. The first kappa shape index (κ1) is 23.5. The molecule has 1 aromatic heterocycles. The van der Waals surface area contributed by atoms with Crippen LogP contribution in [-0.2, 0) is 27.4 Å². The molecular formula is C23H24FN3O4S. The van der Waals surface area contributed by atoms with Crippen molar-refractivity contribution >= 4 is 34.5 Å². The summed E-state index contributed by atoms with van der Waals surface area (Å²) in [6, 6.07) is 13.0. The van der Waals surface area contributed by atoms with Crippen LogP contribution >= 0.6 is 11.8 Å². The molecule has 168 valence electrons. The summed E-state index contributed by atoms with van der Waals surface area (Å²) in [5.41, 5.74) is 0.911. The number of fused-ring (bicyclic) bond motifs is 1. The Balaban J connectivity index is 1.84. The highest BCUT2D eigenvalue weighted by Gasteiger charge is 2.22. The molecule has 32 heavy (non-hydrogen) atoms. The number of esters is 1. The molecule has 1 unspecified atom stereocenters. The van der Waals surface area contributed by atoms with Crippen molar-refractivity contribution in [2.45, 2.75) is 36.8 Å². The van der Waals surface area contributed by atoms with Gasteiger partial charge >= 0.3 is 5.97 Å². The van der Waals surface area contributed by atoms with Crippen LogP contribution in [0.1, 0.15) is 18.9 Å². The molecule has 0 bridgehead atoms. The van der Waals surface area contributed by atoms with Crippen LogP contribution < -0.4 is 5.56 Å². The fraction of sp³-hybridized carbons (Fsp3) is 0.304. The van der Waals surface area contributed by atoms with Crippen molar-refractivity contribution in [1.29, 1.82) is 0 Å². The lowest BCUT2D eigenvalue weighted by Crippen LogP contribution is -2.33. The maximum Gasteiger partial charge on any atom is 0.307 e. The number of carbonyl (C=O) groups excluding carboxylic acids is 2. The van der Waals surface area contributed by atoms with Crippen molar-refractivity contribution in [3.63, 3.8) is 0 Å². The molecule has 1 amide bonds. The van der Waals surface area contributed by atoms with Crippen molar-refractivity contribution in [1.82, 2.24) is 14.5 Å². The lowest BCUT2D eigenvalue weighted by atomic mass is 10.2. The number of rotatable bonds is 8. The molecule has 0 aliphatic rings. The van der Waals surface area contributed by atoms with E-state index in [0.29, 0.717) is 21.6 Å². The van der Waals surface area contributed by atoms with Crippen LogP contribution in [0.15, 0.2) is 58.5 Å². The van der Waals surface area contributed by atoms with Gasteiger partial charge in [0.25, 0.3) is 5.56 Å². The number of carbonyl (C=O) groups is 2. The smallest absolute Gasteiger partial charge is 0.307 e. The van der Waals surface area contributed by atoms with Gasteiger partial charge in [0.15, 0.2) is 5.16 Å². The number of para-hydroxylation sites is 1. The SMILES string of the molecule is COC(=O)CCn1c(SC(C)C(=O)N(C)Cc2cccc(F)c2)nc2ccccc2c1=O. The Labute approximate surface area is 189 Å². The first-order valence-electron chi connectivity index (χ1n) is 10.0. The second-order valence-electron chi connectivity index (χ2n) is 7.28. The zero-order valence-corrected chi connectivity index (χ0v) is 18.9. The van der Waals surface area contributed by atoms with Gasteiger partial charge in [0, 0.05) is 20.1 Å². The summed E-state index contributed by atoms with van der Waals surface area (Å²) in [5.74, 6) is -0.998. The Kier molecular flexibility index (Phi) is 7.63. The van der Waals surface area contributed by atoms with Gasteiger partial charge in [0.2, 0.25) is 5.91 Å². The van der Waals surface area contributed by atoms with Crippen LogP contribution in [0.4, 0.5) is 4.39 Å². The summed E-state index contributed by atoms with van der Waals surface area (Å²) in [5, 5.41) is 0.215. The van der Waals surface area contributed by atoms with Gasteiger partial charge in [-0.05, 0) is 36.8 Å². The molecule has 0 N–H and O–H groups in total. The second-order valence-corrected chi connectivity index (χ2v) is 8.59. The van der Waals surface area contributed by atoms with Gasteiger partial charge < -0.3 is 9.64 Å². The summed E-state index contributed by atoms with van der Waals surface area (Å²) in [7, 11) is 2.93. The molecule has 1 heterocycles. The first-order chi connectivity index (χ1) is 15.3. The van der Waals surface area contributed by atoms with Gasteiger partial charge in [-0.15, -0.1) is 0 Å². The third-order valence-corrected chi connectivity index (χ3v) is 5.99. The van der Waals surface area contributed by atoms with E-state index in [1.165, 1.54) is 28.7 Å². The monoisotopic (exact) mass is 457 g/mol. The van der Waals surface area contributed by atoms with Gasteiger partial charge in [0.05, 0.1) is 29.7 Å². The summed E-state index contributed by atoms with van der Waals surface area (Å²) in [6.45, 7) is 2.06. The maximum atomic E-state index is 13.4. The number of methoxy groups -OCH3 is 1. The van der Waals surface area contributed by atoms with Crippen molar-refractivity contribution in [2.75, 3.05) is 14.2 Å². The predicted octanol–water partition coefficient (Wildman–Crippen LogP) is 3.24. The Morgan fingerprint density at radius 1 is 1.22 bits per heavy atom. The molecule has 2 aromatic carbocycles. The van der Waals surface area contributed by atoms with Crippen molar-refractivity contribution < 1.29 is 18.7 Å². The third kappa shape index (κ3) is 5.53. The topological polar surface area (TPSA) is 81.5 Å². The van der Waals surface area contributed by atoms with Gasteiger partial charge in [-0.25, -0.2) is 9.37 Å². The van der Waals surface area contributed by atoms with E-state index in [1.54, 1.807) is 50.4 Å². The minimum atomic E-state index is -0.564. The molecule has 1 atom stereocenters. The van der Waals surface area contributed by atoms with Gasteiger partial charge in [-0.2, -0.15) is 0 Å². The number of nitrogens with zero attached hydrogens (tertiary/aromatic N) is 3. The molecule has 0 saturated carbocycles. The number of benzene rings is 2. The number of aromatic nitrogens is 2. The van der Waals surface area contributed by atoms with Crippen LogP contribution in [0.25, 0.3) is 10.9 Å². The highest BCUT2D eigenvalue weighted by atomic mass is 32.2. The summed E-state index contributed by atoms with van der Waals surface area (Å²) >= 11 is 1.14. The normalized spacial score (nSPS) is 11.9. The molecule has 0 fully saturated rings. The van der Waals surface area contributed by atoms with Gasteiger partial charge in [-0.1, -0.05) is 36.0 Å². The Bertz CT molecular complexity index is 1200. The number of ether oxygens (including phenoxy) is 1. The Morgan fingerprint density at radius 2 is 1.97 bits per heavy atom. The molecule has 0 spiro atoms. The van der Waals surface area contributed by atoms with E-state index in [-0.39, 0.29) is 36.8 Å². The molecule has 0 radical (unpaired) electrons. The number of halogens is 1. The number of amides is 1. The lowest BCUT2D eigenvalue weighted by molar-refractivity contribution is -0.140. The fourth-order valence-corrected chi connectivity index (χ4v) is 4.30. The van der Waals surface area contributed by atoms with E-state index < -0.39 is 11.2 Å². The van der Waals surface area contributed by atoms with Crippen LogP contribution in [0.2, 0.25) is 0 Å². The van der Waals surface area contributed by atoms with Crippen molar-refractivity contribution in [2.24, 2.45) is 0 Å². The molecule has 3 aromatic rings. The van der Waals surface area contributed by atoms with E-state index in [9.17, 15) is 18.8 Å². The third-order valence-electron chi connectivity index (χ3n) is 4.91. The average molecular weight is 458 g/mol. The molecular weight excluding hydrogens is 433 g/mol. The zero-order chi connectivity index (χ0) is 23.3. The van der Waals surface area contributed by atoms with Gasteiger partial charge in [0.1, 0.15) is 5.82 Å². The minimum Gasteiger partial charge on any atom is -0.469 e. The molecule has 9 heteroatoms. The summed E-state index contributed by atoms with van der Waals surface area (Å²) < 4.78 is 19.5. The Morgan fingerprint density at radius 3 is 2.69 bits per heavy atom. The number of thioether (sulfide) groups is 1. The van der Waals surface area contributed by atoms with Crippen LogP contribution in [-0.4, -0.2) is 45.7 Å². The standard InChI is InChI=1S/C23H24FN3O4S/c1-15(21(29)26(2)14-16-7-6-8-17(24)13-16)32-23-25-19-10-5-4-9-18(19)22(30)27(23)12-11-20(28)31-3/h4-10,13,15H,11-12,14H2,1-3H3. The Hall–Kier alpha value is -3.20. The van der Waals surface area contributed by atoms with E-state index in [2.05, 4.69) is 9.72 Å². The largest absolute Gasteiger partial charge is 0.469 e. The molecule has 3 rings (SSSR count). The molecule has 0 aliphatic carbocycles. The molecule has 0 saturated heterocycles. The van der Waals surface area contributed by atoms with Gasteiger partial charge in [-0.3, -0.25) is 19.0 Å². The van der Waals surface area contributed by atoms with Crippen molar-refractivity contribution in [3.8, 4) is 0 Å². The highest BCUT2D eigenvalue weighted by Crippen LogP contribution is 2.24. The predicted molar refractivity (Wildman–Crippen MR) is 121 cm³/mol. The quantitative estimate of drug-likeness (QED) is 0.294. The van der Waals surface area contributed by atoms with E-state index in [1.807, 2.05) is 0 Å². The van der Waals surface area contributed by atoms with E-state index >= 15 is 0 Å². The lowest BCUT2D eigenvalue weighted by Gasteiger charge is -2.22. The van der Waals surface area contributed by atoms with Crippen molar-refractivity contribution in [3.05, 3.63) is 70.3 Å². The highest BCUT2D eigenvalue weighted by molar-refractivity contribution is 8.00. The van der Waals surface area contributed by atoms with Crippen LogP contribution in [0, 0.1) is 5.82 Å². The molecule has 0 aliphatic heterocycles. The summed E-state index contributed by atoms with van der Waals surface area (Å²) in [6.07, 6.45) is 0.00574. The number of hydrogen-bond donors (Lipinski definition) is 0. The van der Waals surface area contributed by atoms with E-state index in [0.717, 1.165) is 11.8 Å². The minimum absolute atomic E-state index is 0.00574. The summed E-state index contributed by atoms with van der Waals surface area (Å²) in [4.78, 5) is 43.7. The van der Waals surface area contributed by atoms with E-state index in [4.69, 9.17) is 0 Å². The maximum absolute atomic E-state index is 13.4. The number of hydrogen-bond acceptors (Lipinski definition) is 6. The second kappa shape index (κ2) is 10.4. The zero-order valence-electron chi connectivity index (χ0n) is 18.1. The van der Waals surface area contributed by atoms with Crippen LogP contribution in [0.5, 0.6) is 0 Å².